The van der Waals surface area contributed by atoms with Gasteiger partial charge >= 0.3 is 5.97 Å². The maximum absolute atomic E-state index is 11.5. The van der Waals surface area contributed by atoms with E-state index in [0.717, 1.165) is 5.75 Å². The molecule has 0 aliphatic rings. The van der Waals surface area contributed by atoms with Crippen LogP contribution in [0.3, 0.4) is 0 Å². The van der Waals surface area contributed by atoms with Crippen molar-refractivity contribution in [3.8, 4) is 5.75 Å². The fourth-order valence-corrected chi connectivity index (χ4v) is 1.49. The fraction of sp³-hybridized carbons (Fsp3) is 0.308. The van der Waals surface area contributed by atoms with Crippen molar-refractivity contribution < 1.29 is 14.3 Å². The van der Waals surface area contributed by atoms with Crippen LogP contribution in [-0.4, -0.2) is 27.3 Å². The van der Waals surface area contributed by atoms with Crippen LogP contribution in [0, 0.1) is 0 Å². The van der Waals surface area contributed by atoms with Crippen molar-refractivity contribution in [1.82, 2.24) is 14.8 Å². The minimum Gasteiger partial charge on any atom is -0.486 e. The molecule has 0 spiro atoms. The van der Waals surface area contributed by atoms with E-state index >= 15 is 0 Å². The number of nitrogens with zero attached hydrogens (tertiary/aromatic N) is 3. The van der Waals surface area contributed by atoms with Gasteiger partial charge in [0.1, 0.15) is 12.4 Å². The molecule has 0 amide bonds. The van der Waals surface area contributed by atoms with Crippen LogP contribution in [0.1, 0.15) is 23.4 Å². The smallest absolute Gasteiger partial charge is 0.378 e. The molecule has 0 saturated heterocycles. The number of hydrogen-bond donors (Lipinski definition) is 0. The van der Waals surface area contributed by atoms with Gasteiger partial charge in [-0.2, -0.15) is 0 Å². The zero-order valence-corrected chi connectivity index (χ0v) is 10.9. The van der Waals surface area contributed by atoms with E-state index in [9.17, 15) is 4.79 Å². The number of aromatic nitrogens is 3. The molecule has 1 aromatic heterocycles. The van der Waals surface area contributed by atoms with Crippen LogP contribution in [0.2, 0.25) is 0 Å². The lowest BCUT2D eigenvalue weighted by Crippen LogP contribution is -2.07. The second kappa shape index (κ2) is 5.99. The van der Waals surface area contributed by atoms with Gasteiger partial charge in [0.05, 0.1) is 6.61 Å². The Kier molecular flexibility index (Phi) is 4.12. The topological polar surface area (TPSA) is 66.2 Å². The van der Waals surface area contributed by atoms with Gasteiger partial charge in [0.15, 0.2) is 5.82 Å². The standard InChI is InChI=1S/C13H15N3O3/c1-3-18-13(17)12-14-11(16(2)15-12)9-19-10-7-5-4-6-8-10/h4-8H,3,9H2,1-2H3. The molecule has 0 bridgehead atoms. The van der Waals surface area contributed by atoms with E-state index < -0.39 is 5.97 Å². The van der Waals surface area contributed by atoms with Crippen molar-refractivity contribution in [3.05, 3.63) is 42.0 Å². The third kappa shape index (κ3) is 3.31. The van der Waals surface area contributed by atoms with Gasteiger partial charge in [0, 0.05) is 7.05 Å². The maximum atomic E-state index is 11.5. The summed E-state index contributed by atoms with van der Waals surface area (Å²) in [5.41, 5.74) is 0. The van der Waals surface area contributed by atoms with Crippen LogP contribution in [0.15, 0.2) is 30.3 Å². The van der Waals surface area contributed by atoms with Crippen molar-refractivity contribution in [2.45, 2.75) is 13.5 Å². The molecule has 6 heteroatoms. The van der Waals surface area contributed by atoms with E-state index in [1.54, 1.807) is 14.0 Å². The molecule has 19 heavy (non-hydrogen) atoms. The zero-order valence-electron chi connectivity index (χ0n) is 10.9. The highest BCUT2D eigenvalue weighted by molar-refractivity contribution is 5.84. The Hall–Kier alpha value is -2.37. The van der Waals surface area contributed by atoms with Crippen molar-refractivity contribution in [3.63, 3.8) is 0 Å². The summed E-state index contributed by atoms with van der Waals surface area (Å²) in [7, 11) is 1.71. The number of benzene rings is 1. The van der Waals surface area contributed by atoms with Crippen LogP contribution in [0.5, 0.6) is 5.75 Å². The van der Waals surface area contributed by atoms with Crippen molar-refractivity contribution >= 4 is 5.97 Å². The zero-order chi connectivity index (χ0) is 13.7. The van der Waals surface area contributed by atoms with E-state index in [0.29, 0.717) is 12.4 Å². The summed E-state index contributed by atoms with van der Waals surface area (Å²) in [4.78, 5) is 15.6. The lowest BCUT2D eigenvalue weighted by atomic mass is 10.3. The molecule has 1 heterocycles. The van der Waals surface area contributed by atoms with Crippen LogP contribution in [0.4, 0.5) is 0 Å². The van der Waals surface area contributed by atoms with E-state index in [-0.39, 0.29) is 12.4 Å². The van der Waals surface area contributed by atoms with E-state index in [1.807, 2.05) is 30.3 Å². The molecule has 2 aromatic rings. The Morgan fingerprint density at radius 2 is 2.05 bits per heavy atom. The molecule has 0 aliphatic heterocycles. The average molecular weight is 261 g/mol. The molecular formula is C13H15N3O3. The molecular weight excluding hydrogens is 246 g/mol. The molecule has 0 fully saturated rings. The SMILES string of the molecule is CCOC(=O)c1nc(COc2ccccc2)n(C)n1. The molecule has 1 aromatic carbocycles. The summed E-state index contributed by atoms with van der Waals surface area (Å²) >= 11 is 0. The number of aryl methyl sites for hydroxylation is 1. The summed E-state index contributed by atoms with van der Waals surface area (Å²) in [6, 6.07) is 9.38. The first kappa shape index (κ1) is 13.1. The molecule has 2 rings (SSSR count). The summed E-state index contributed by atoms with van der Waals surface area (Å²) in [5.74, 6) is 0.829. The maximum Gasteiger partial charge on any atom is 0.378 e. The molecule has 0 saturated carbocycles. The van der Waals surface area contributed by atoms with Gasteiger partial charge in [-0.15, -0.1) is 5.10 Å². The molecule has 0 N–H and O–H groups in total. The van der Waals surface area contributed by atoms with Gasteiger partial charge in [-0.25, -0.2) is 14.5 Å². The minimum atomic E-state index is -0.524. The summed E-state index contributed by atoms with van der Waals surface area (Å²) in [6.45, 7) is 2.28. The number of hydrogen-bond acceptors (Lipinski definition) is 5. The third-order valence-electron chi connectivity index (χ3n) is 2.42. The van der Waals surface area contributed by atoms with Gasteiger partial charge in [-0.3, -0.25) is 0 Å². The second-order valence-corrected chi connectivity index (χ2v) is 3.80. The van der Waals surface area contributed by atoms with Crippen molar-refractivity contribution in [1.29, 1.82) is 0 Å². The van der Waals surface area contributed by atoms with E-state index in [1.165, 1.54) is 4.68 Å². The predicted molar refractivity (Wildman–Crippen MR) is 67.7 cm³/mol. The Labute approximate surface area is 111 Å². The first-order valence-electron chi connectivity index (χ1n) is 5.95. The summed E-state index contributed by atoms with van der Waals surface area (Å²) in [5, 5.41) is 3.99. The lowest BCUT2D eigenvalue weighted by molar-refractivity contribution is 0.0511. The highest BCUT2D eigenvalue weighted by Gasteiger charge is 2.15. The Balaban J connectivity index is 2.03. The molecule has 0 aliphatic carbocycles. The molecule has 6 nitrogen and oxygen atoms in total. The number of rotatable bonds is 5. The van der Waals surface area contributed by atoms with Crippen LogP contribution in [0.25, 0.3) is 0 Å². The number of ether oxygens (including phenoxy) is 2. The van der Waals surface area contributed by atoms with E-state index in [2.05, 4.69) is 10.1 Å². The second-order valence-electron chi connectivity index (χ2n) is 3.80. The minimum absolute atomic E-state index is 0.0519. The van der Waals surface area contributed by atoms with Crippen LogP contribution >= 0.6 is 0 Å². The Bertz CT molecular complexity index is 552. The van der Waals surface area contributed by atoms with Gasteiger partial charge in [0.2, 0.25) is 0 Å². The summed E-state index contributed by atoms with van der Waals surface area (Å²) in [6.07, 6.45) is 0. The Morgan fingerprint density at radius 3 is 2.74 bits per heavy atom. The number of carbonyl (C=O) groups excluding carboxylic acids is 1. The average Bonchev–Trinajstić information content (AvgIpc) is 2.79. The first-order valence-corrected chi connectivity index (χ1v) is 5.95. The van der Waals surface area contributed by atoms with Crippen LogP contribution in [-0.2, 0) is 18.4 Å². The van der Waals surface area contributed by atoms with Gasteiger partial charge < -0.3 is 9.47 Å². The quantitative estimate of drug-likeness (QED) is 0.764. The lowest BCUT2D eigenvalue weighted by Gasteiger charge is -2.04. The molecule has 100 valence electrons. The monoisotopic (exact) mass is 261 g/mol. The molecule has 0 unspecified atom stereocenters. The largest absolute Gasteiger partial charge is 0.486 e. The van der Waals surface area contributed by atoms with Gasteiger partial charge in [-0.1, -0.05) is 18.2 Å². The van der Waals surface area contributed by atoms with Crippen LogP contribution < -0.4 is 4.74 Å². The van der Waals surface area contributed by atoms with Crippen molar-refractivity contribution in [2.75, 3.05) is 6.61 Å². The van der Waals surface area contributed by atoms with E-state index in [4.69, 9.17) is 9.47 Å². The highest BCUT2D eigenvalue weighted by atomic mass is 16.5. The molecule has 0 atom stereocenters. The number of esters is 1. The normalized spacial score (nSPS) is 10.2. The summed E-state index contributed by atoms with van der Waals surface area (Å²) < 4.78 is 11.9. The first-order chi connectivity index (χ1) is 9.20. The number of carbonyl (C=O) groups is 1. The molecule has 0 radical (unpaired) electrons. The predicted octanol–water partition coefficient (Wildman–Crippen LogP) is 1.57. The highest BCUT2D eigenvalue weighted by Crippen LogP contribution is 2.10. The Morgan fingerprint density at radius 1 is 1.32 bits per heavy atom. The number of para-hydroxylation sites is 1. The van der Waals surface area contributed by atoms with Crippen molar-refractivity contribution in [2.24, 2.45) is 7.05 Å². The third-order valence-corrected chi connectivity index (χ3v) is 2.42. The van der Waals surface area contributed by atoms with Gasteiger partial charge in [0.25, 0.3) is 5.82 Å². The fourth-order valence-electron chi connectivity index (χ4n) is 1.49. The van der Waals surface area contributed by atoms with Gasteiger partial charge in [-0.05, 0) is 19.1 Å².